The first-order valence-corrected chi connectivity index (χ1v) is 3.76. The average molecular weight is 197 g/mol. The van der Waals surface area contributed by atoms with E-state index in [9.17, 15) is 4.91 Å². The van der Waals surface area contributed by atoms with Crippen molar-refractivity contribution >= 4 is 0 Å². The minimum Gasteiger partial charge on any atom is -0.393 e. The highest BCUT2D eigenvalue weighted by molar-refractivity contribution is 4.12. The van der Waals surface area contributed by atoms with Gasteiger partial charge in [0.05, 0.1) is 13.2 Å². The van der Waals surface area contributed by atoms with Gasteiger partial charge < -0.3 is 15.5 Å². The summed E-state index contributed by atoms with van der Waals surface area (Å²) in [6.07, 6.45) is 0. The highest BCUT2D eigenvalue weighted by Crippen LogP contribution is 1.79. The number of hydrogen-bond acceptors (Lipinski definition) is 6. The molecule has 0 aromatic heterocycles. The molecule has 3 N–H and O–H groups in total. The molecule has 0 heterocycles. The van der Waals surface area contributed by atoms with Gasteiger partial charge in [0.25, 0.3) is 0 Å². The first-order chi connectivity index (χ1) is 6.22. The highest BCUT2D eigenvalue weighted by Gasteiger charge is 2.09. The normalized spacial score (nSPS) is 8.31. The topological polar surface area (TPSA) is 91.0 Å². The largest absolute Gasteiger partial charge is 0.477 e. The Hall–Kier alpha value is -0.920. The van der Waals surface area contributed by atoms with E-state index < -0.39 is 0 Å². The molecule has 0 fully saturated rings. The van der Waals surface area contributed by atoms with Gasteiger partial charge in [-0.15, -0.1) is 0 Å². The van der Waals surface area contributed by atoms with Gasteiger partial charge in [-0.25, -0.2) is 0 Å². The van der Waals surface area contributed by atoms with Gasteiger partial charge in [0.2, 0.25) is 0 Å². The van der Waals surface area contributed by atoms with Crippen LogP contribution in [-0.2, 0) is 9.68 Å². The molecule has 0 saturated carbocycles. The van der Waals surface area contributed by atoms with E-state index in [1.54, 1.807) is 0 Å². The Morgan fingerprint density at radius 1 is 1.15 bits per heavy atom. The van der Waals surface area contributed by atoms with Gasteiger partial charge in [0.15, 0.2) is 13.2 Å². The Morgan fingerprint density at radius 2 is 1.46 bits per heavy atom. The lowest BCUT2D eigenvalue weighted by atomic mass is 10.8. The maximum Gasteiger partial charge on any atom is 0.477 e. The van der Waals surface area contributed by atoms with Gasteiger partial charge in [0, 0.05) is 0 Å². The SMILES string of the molecule is CNC.O=[N+](OCCO)OCCO. The fourth-order valence-corrected chi connectivity index (χ4v) is 0.268. The molecule has 0 aliphatic rings. The molecule has 0 bridgehead atoms. The number of hydrogen-bond donors (Lipinski definition) is 3. The van der Waals surface area contributed by atoms with Crippen molar-refractivity contribution in [2.75, 3.05) is 40.5 Å². The summed E-state index contributed by atoms with van der Waals surface area (Å²) in [5, 5.41) is 18.9. The zero-order chi connectivity index (χ0) is 10.5. The van der Waals surface area contributed by atoms with E-state index in [0.29, 0.717) is 0 Å². The van der Waals surface area contributed by atoms with Crippen LogP contribution in [0.15, 0.2) is 0 Å². The number of aliphatic hydroxyl groups is 2. The second-order valence-corrected chi connectivity index (χ2v) is 1.84. The molecule has 0 radical (unpaired) electrons. The van der Waals surface area contributed by atoms with Crippen molar-refractivity contribution in [1.29, 1.82) is 0 Å². The molecular weight excluding hydrogens is 180 g/mol. The molecule has 7 nitrogen and oxygen atoms in total. The third kappa shape index (κ3) is 18.2. The molecule has 0 aromatic carbocycles. The van der Waals surface area contributed by atoms with Crippen molar-refractivity contribution in [3.8, 4) is 0 Å². The Morgan fingerprint density at radius 3 is 1.69 bits per heavy atom. The van der Waals surface area contributed by atoms with Crippen LogP contribution in [0.5, 0.6) is 0 Å². The Bertz CT molecular complexity index is 101. The lowest BCUT2D eigenvalue weighted by Crippen LogP contribution is -2.15. The summed E-state index contributed by atoms with van der Waals surface area (Å²) in [5.74, 6) is 0. The van der Waals surface area contributed by atoms with E-state index in [4.69, 9.17) is 10.2 Å². The minimum atomic E-state index is -0.249. The van der Waals surface area contributed by atoms with E-state index in [0.717, 1.165) is 0 Å². The summed E-state index contributed by atoms with van der Waals surface area (Å²) in [6, 6.07) is 0. The van der Waals surface area contributed by atoms with Crippen LogP contribution in [0.25, 0.3) is 0 Å². The lowest BCUT2D eigenvalue weighted by molar-refractivity contribution is -0.981. The molecule has 0 amide bonds. The zero-order valence-corrected chi connectivity index (χ0v) is 7.89. The fraction of sp³-hybridized carbons (Fsp3) is 1.00. The number of nitrogens with zero attached hydrogens (tertiary/aromatic N) is 1. The zero-order valence-electron chi connectivity index (χ0n) is 7.89. The van der Waals surface area contributed by atoms with E-state index in [1.807, 2.05) is 14.1 Å². The number of rotatable bonds is 6. The van der Waals surface area contributed by atoms with E-state index >= 15 is 0 Å². The van der Waals surface area contributed by atoms with Crippen LogP contribution in [0.3, 0.4) is 0 Å². The summed E-state index contributed by atoms with van der Waals surface area (Å²) in [4.78, 5) is 18.6. The molecule has 0 rings (SSSR count). The fourth-order valence-electron chi connectivity index (χ4n) is 0.268. The quantitative estimate of drug-likeness (QED) is 0.446. The summed E-state index contributed by atoms with van der Waals surface area (Å²) in [7, 11) is 3.75. The second kappa shape index (κ2) is 13.7. The van der Waals surface area contributed by atoms with Crippen LogP contribution in [0.4, 0.5) is 0 Å². The average Bonchev–Trinajstić information content (AvgIpc) is 2.12. The molecule has 0 spiro atoms. The molecule has 80 valence electrons. The molecule has 13 heavy (non-hydrogen) atoms. The van der Waals surface area contributed by atoms with Crippen molar-refractivity contribution in [2.24, 2.45) is 0 Å². The van der Waals surface area contributed by atoms with Crippen molar-refractivity contribution < 1.29 is 25.0 Å². The standard InChI is InChI=1S/C4H10NO5.C2H7N/c6-1-3-9-5(8)10-4-2-7;1-3-2/h6-7H,1-4H2;3H,1-2H3/q+1;. The number of nitrogens with one attached hydrogen (secondary N) is 1. The van der Waals surface area contributed by atoms with E-state index in [-0.39, 0.29) is 31.5 Å². The minimum absolute atomic E-state index is 0.116. The highest BCUT2D eigenvalue weighted by atomic mass is 17.0. The Labute approximate surface area is 76.7 Å². The van der Waals surface area contributed by atoms with Gasteiger partial charge in [-0.2, -0.15) is 9.68 Å². The van der Waals surface area contributed by atoms with Crippen LogP contribution < -0.4 is 5.32 Å². The third-order valence-corrected chi connectivity index (χ3v) is 0.576. The van der Waals surface area contributed by atoms with Crippen LogP contribution in [0.1, 0.15) is 0 Å². The van der Waals surface area contributed by atoms with Crippen molar-refractivity contribution in [2.45, 2.75) is 0 Å². The molecule has 0 unspecified atom stereocenters. The van der Waals surface area contributed by atoms with Gasteiger partial charge >= 0.3 is 5.09 Å². The van der Waals surface area contributed by atoms with Crippen LogP contribution in [0.2, 0.25) is 0 Å². The predicted molar refractivity (Wildman–Crippen MR) is 44.7 cm³/mol. The molecular formula is C6H17N2O5+. The first kappa shape index (κ1) is 14.6. The monoisotopic (exact) mass is 197 g/mol. The van der Waals surface area contributed by atoms with E-state index in [1.165, 1.54) is 0 Å². The second-order valence-electron chi connectivity index (χ2n) is 1.84. The van der Waals surface area contributed by atoms with Gasteiger partial charge in [-0.3, -0.25) is 0 Å². The maximum atomic E-state index is 10.2. The molecule has 7 heteroatoms. The van der Waals surface area contributed by atoms with Gasteiger partial charge in [-0.1, -0.05) is 0 Å². The van der Waals surface area contributed by atoms with Crippen LogP contribution in [-0.4, -0.2) is 55.8 Å². The van der Waals surface area contributed by atoms with Crippen LogP contribution >= 0.6 is 0 Å². The van der Waals surface area contributed by atoms with Crippen molar-refractivity contribution in [1.82, 2.24) is 5.32 Å². The van der Waals surface area contributed by atoms with Crippen molar-refractivity contribution in [3.05, 3.63) is 4.91 Å². The summed E-state index contributed by atoms with van der Waals surface area (Å²) >= 11 is 0. The summed E-state index contributed by atoms with van der Waals surface area (Å²) in [5.41, 5.74) is 0. The first-order valence-electron chi connectivity index (χ1n) is 3.76. The molecule has 0 aromatic rings. The third-order valence-electron chi connectivity index (χ3n) is 0.576. The van der Waals surface area contributed by atoms with Gasteiger partial charge in [0.1, 0.15) is 4.91 Å². The van der Waals surface area contributed by atoms with E-state index in [2.05, 4.69) is 15.0 Å². The summed E-state index contributed by atoms with van der Waals surface area (Å²) < 4.78 is 0. The molecule has 0 atom stereocenters. The lowest BCUT2D eigenvalue weighted by Gasteiger charge is -1.89. The molecule has 0 aliphatic carbocycles. The maximum absolute atomic E-state index is 10.2. The molecule has 0 saturated heterocycles. The Balaban J connectivity index is 0. The molecule has 0 aliphatic heterocycles. The number of aliphatic hydroxyl groups excluding tert-OH is 2. The predicted octanol–water partition coefficient (Wildman–Crippen LogP) is -1.55. The van der Waals surface area contributed by atoms with Gasteiger partial charge in [-0.05, 0) is 14.1 Å². The smallest absolute Gasteiger partial charge is 0.393 e. The summed E-state index contributed by atoms with van der Waals surface area (Å²) in [6.45, 7) is -0.730. The van der Waals surface area contributed by atoms with Crippen molar-refractivity contribution in [3.63, 3.8) is 0 Å². The Kier molecular flexibility index (Phi) is 15.3. The van der Waals surface area contributed by atoms with Crippen LogP contribution in [0, 0.1) is 4.91 Å².